The van der Waals surface area contributed by atoms with Crippen LogP contribution in [0.2, 0.25) is 0 Å². The average molecular weight is 395 g/mol. The molecule has 9 heteroatoms. The molecule has 0 atom stereocenters. The van der Waals surface area contributed by atoms with Crippen LogP contribution in [0.1, 0.15) is 25.7 Å². The number of sulfonamides is 1. The Balaban J connectivity index is 1.47. The molecule has 2 aromatic heterocycles. The van der Waals surface area contributed by atoms with Crippen molar-refractivity contribution in [2.75, 3.05) is 26.2 Å². The summed E-state index contributed by atoms with van der Waals surface area (Å²) < 4.78 is 27.8. The Hall–Kier alpha value is -1.55. The van der Waals surface area contributed by atoms with Crippen LogP contribution < -0.4 is 5.56 Å². The molecule has 4 rings (SSSR count). The second-order valence-electron chi connectivity index (χ2n) is 6.80. The fraction of sp³-hybridized carbons (Fsp3) is 0.529. The van der Waals surface area contributed by atoms with Crippen LogP contribution in [0.3, 0.4) is 0 Å². The van der Waals surface area contributed by atoms with Crippen LogP contribution in [0.25, 0.3) is 10.6 Å². The van der Waals surface area contributed by atoms with Gasteiger partial charge in [0.25, 0.3) is 15.6 Å². The van der Waals surface area contributed by atoms with Gasteiger partial charge < -0.3 is 0 Å². The lowest BCUT2D eigenvalue weighted by molar-refractivity contribution is 0.139. The summed E-state index contributed by atoms with van der Waals surface area (Å²) in [5, 5.41) is 6.35. The predicted molar refractivity (Wildman–Crippen MR) is 101 cm³/mol. The molecule has 2 aliphatic rings. The minimum atomic E-state index is -3.48. The average Bonchev–Trinajstić information content (AvgIpc) is 3.35. The molecule has 140 valence electrons. The first-order chi connectivity index (χ1) is 12.5. The summed E-state index contributed by atoms with van der Waals surface area (Å²) in [5.74, 6) is 0. The lowest BCUT2D eigenvalue weighted by atomic mass is 10.2. The highest BCUT2D eigenvalue weighted by atomic mass is 32.2. The first-order valence-electron chi connectivity index (χ1n) is 8.94. The number of H-pyrrole nitrogens is 1. The van der Waals surface area contributed by atoms with Crippen LogP contribution in [-0.4, -0.2) is 60.0 Å². The van der Waals surface area contributed by atoms with E-state index >= 15 is 0 Å². The number of hydrogen-bond acceptors (Lipinski definition) is 6. The molecule has 2 fully saturated rings. The van der Waals surface area contributed by atoms with Gasteiger partial charge in [0.05, 0.1) is 4.88 Å². The van der Waals surface area contributed by atoms with Gasteiger partial charge in [0, 0.05) is 38.3 Å². The van der Waals surface area contributed by atoms with Gasteiger partial charge >= 0.3 is 0 Å². The standard InChI is InChI=1S/C17H22N4O3S2/c22-16-7-5-14(18-19-16)15-6-8-17(25-15)26(23,24)21-11-9-20(10-12-21)13-3-1-2-4-13/h5-8,13H,1-4,9-12H2,(H,19,22). The Morgan fingerprint density at radius 2 is 1.77 bits per heavy atom. The summed E-state index contributed by atoms with van der Waals surface area (Å²) >= 11 is 1.19. The third-order valence-electron chi connectivity index (χ3n) is 5.22. The molecule has 0 bridgehead atoms. The minimum absolute atomic E-state index is 0.279. The number of nitrogens with one attached hydrogen (secondary N) is 1. The minimum Gasteiger partial charge on any atom is -0.298 e. The first kappa shape index (κ1) is 17.8. The van der Waals surface area contributed by atoms with Crippen molar-refractivity contribution in [3.8, 4) is 10.6 Å². The molecule has 0 spiro atoms. The molecule has 1 aliphatic heterocycles. The third kappa shape index (κ3) is 3.48. The van der Waals surface area contributed by atoms with Gasteiger partial charge in [0.1, 0.15) is 9.90 Å². The molecule has 26 heavy (non-hydrogen) atoms. The highest BCUT2D eigenvalue weighted by molar-refractivity contribution is 7.91. The zero-order chi connectivity index (χ0) is 18.1. The molecule has 0 aromatic carbocycles. The fourth-order valence-corrected chi connectivity index (χ4v) is 6.64. The van der Waals surface area contributed by atoms with Gasteiger partial charge in [-0.25, -0.2) is 13.5 Å². The third-order valence-corrected chi connectivity index (χ3v) is 8.70. The Morgan fingerprint density at radius 3 is 2.42 bits per heavy atom. The lowest BCUT2D eigenvalue weighted by Gasteiger charge is -2.37. The summed E-state index contributed by atoms with van der Waals surface area (Å²) in [6.45, 7) is 2.71. The topological polar surface area (TPSA) is 86.4 Å². The van der Waals surface area contributed by atoms with E-state index in [1.807, 2.05) is 0 Å². The smallest absolute Gasteiger partial charge is 0.264 e. The highest BCUT2D eigenvalue weighted by Crippen LogP contribution is 2.32. The molecule has 0 unspecified atom stereocenters. The Morgan fingerprint density at radius 1 is 1.04 bits per heavy atom. The molecular weight excluding hydrogens is 372 g/mol. The van der Waals surface area contributed by atoms with Gasteiger partial charge in [-0.3, -0.25) is 9.69 Å². The van der Waals surface area contributed by atoms with Crippen molar-refractivity contribution in [3.63, 3.8) is 0 Å². The normalized spacial score (nSPS) is 20.6. The molecule has 3 heterocycles. The number of aromatic nitrogens is 2. The number of nitrogens with zero attached hydrogens (tertiary/aromatic N) is 3. The molecular formula is C17H22N4O3S2. The van der Waals surface area contributed by atoms with Gasteiger partial charge in [-0.15, -0.1) is 11.3 Å². The molecule has 1 saturated carbocycles. The van der Waals surface area contributed by atoms with Gasteiger partial charge in [0.15, 0.2) is 0 Å². The molecule has 1 N–H and O–H groups in total. The van der Waals surface area contributed by atoms with E-state index in [9.17, 15) is 13.2 Å². The summed E-state index contributed by atoms with van der Waals surface area (Å²) in [6, 6.07) is 7.00. The van der Waals surface area contributed by atoms with Crippen LogP contribution in [-0.2, 0) is 10.0 Å². The van der Waals surface area contributed by atoms with Crippen molar-refractivity contribution in [1.82, 2.24) is 19.4 Å². The van der Waals surface area contributed by atoms with Gasteiger partial charge in [-0.2, -0.15) is 9.40 Å². The van der Waals surface area contributed by atoms with Crippen molar-refractivity contribution in [2.45, 2.75) is 35.9 Å². The fourth-order valence-electron chi connectivity index (χ4n) is 3.78. The van der Waals surface area contributed by atoms with Gasteiger partial charge in [-0.05, 0) is 31.0 Å². The number of thiophene rings is 1. The van der Waals surface area contributed by atoms with E-state index in [-0.39, 0.29) is 5.56 Å². The second-order valence-corrected chi connectivity index (χ2v) is 10.1. The quantitative estimate of drug-likeness (QED) is 0.854. The number of rotatable bonds is 4. The first-order valence-corrected chi connectivity index (χ1v) is 11.2. The van der Waals surface area contributed by atoms with Crippen molar-refractivity contribution in [2.24, 2.45) is 0 Å². The summed E-state index contributed by atoms with van der Waals surface area (Å²) in [6.07, 6.45) is 5.07. The van der Waals surface area contributed by atoms with E-state index in [1.165, 1.54) is 43.1 Å². The van der Waals surface area contributed by atoms with E-state index in [0.29, 0.717) is 29.0 Å². The molecule has 1 saturated heterocycles. The summed E-state index contributed by atoms with van der Waals surface area (Å²) in [7, 11) is -3.48. The highest BCUT2D eigenvalue weighted by Gasteiger charge is 2.32. The predicted octanol–water partition coefficient (Wildman–Crippen LogP) is 1.75. The van der Waals surface area contributed by atoms with Crippen molar-refractivity contribution in [3.05, 3.63) is 34.6 Å². The van der Waals surface area contributed by atoms with Crippen molar-refractivity contribution < 1.29 is 8.42 Å². The monoisotopic (exact) mass is 394 g/mol. The van der Waals surface area contributed by atoms with Gasteiger partial charge in [-0.1, -0.05) is 12.8 Å². The number of piperazine rings is 1. The maximum Gasteiger partial charge on any atom is 0.264 e. The maximum atomic E-state index is 13.0. The Kier molecular flexibility index (Phi) is 4.96. The molecule has 0 radical (unpaired) electrons. The van der Waals surface area contributed by atoms with Crippen LogP contribution in [0.5, 0.6) is 0 Å². The van der Waals surface area contributed by atoms with Crippen molar-refractivity contribution >= 4 is 21.4 Å². The number of aromatic amines is 1. The summed E-state index contributed by atoms with van der Waals surface area (Å²) in [4.78, 5) is 14.3. The Bertz CT molecular complexity index is 903. The van der Waals surface area contributed by atoms with E-state index in [0.717, 1.165) is 18.0 Å². The van der Waals surface area contributed by atoms with Crippen LogP contribution >= 0.6 is 11.3 Å². The second kappa shape index (κ2) is 7.22. The van der Waals surface area contributed by atoms with Crippen molar-refractivity contribution in [1.29, 1.82) is 0 Å². The van der Waals surface area contributed by atoms with Gasteiger partial charge in [0.2, 0.25) is 0 Å². The summed E-state index contributed by atoms with van der Waals surface area (Å²) in [5.41, 5.74) is 0.292. The molecule has 7 nitrogen and oxygen atoms in total. The maximum absolute atomic E-state index is 13.0. The van der Waals surface area contributed by atoms with E-state index < -0.39 is 10.0 Å². The molecule has 1 aliphatic carbocycles. The number of hydrogen-bond donors (Lipinski definition) is 1. The van der Waals surface area contributed by atoms with Crippen LogP contribution in [0, 0.1) is 0 Å². The van der Waals surface area contributed by atoms with Crippen LogP contribution in [0.15, 0.2) is 33.3 Å². The largest absolute Gasteiger partial charge is 0.298 e. The lowest BCUT2D eigenvalue weighted by Crippen LogP contribution is -2.51. The zero-order valence-electron chi connectivity index (χ0n) is 14.4. The zero-order valence-corrected chi connectivity index (χ0v) is 16.1. The Labute approximate surface area is 156 Å². The SMILES string of the molecule is O=c1ccc(-c2ccc(S(=O)(=O)N3CCN(C4CCCC4)CC3)s2)n[nH]1. The van der Waals surface area contributed by atoms with E-state index in [4.69, 9.17) is 0 Å². The molecule has 2 aromatic rings. The van der Waals surface area contributed by atoms with Crippen LogP contribution in [0.4, 0.5) is 0 Å². The van der Waals surface area contributed by atoms with E-state index in [2.05, 4.69) is 15.1 Å². The molecule has 0 amide bonds. The van der Waals surface area contributed by atoms with E-state index in [1.54, 1.807) is 22.5 Å².